The van der Waals surface area contributed by atoms with Crippen LogP contribution in [-0.4, -0.2) is 26.9 Å². The number of nitrogen functional groups attached to an aromatic ring is 1. The van der Waals surface area contributed by atoms with Gasteiger partial charge in [0, 0.05) is 6.04 Å². The average molecular weight is 259 g/mol. The molecule has 1 amide bonds. The van der Waals surface area contributed by atoms with Crippen molar-refractivity contribution < 1.29 is 4.79 Å². The highest BCUT2D eigenvalue weighted by Crippen LogP contribution is 2.15. The van der Waals surface area contributed by atoms with Gasteiger partial charge in [0.05, 0.1) is 5.69 Å². The molecular formula is C13H17N5O. The second-order valence-corrected chi connectivity index (χ2v) is 4.70. The number of nitrogens with zero attached hydrogens (tertiary/aromatic N) is 3. The summed E-state index contributed by atoms with van der Waals surface area (Å²) in [5.74, 6) is -0.0761. The largest absolute Gasteiger partial charge is 0.382 e. The van der Waals surface area contributed by atoms with Crippen LogP contribution in [0.2, 0.25) is 0 Å². The van der Waals surface area contributed by atoms with Crippen LogP contribution in [0.1, 0.15) is 29.9 Å². The Morgan fingerprint density at radius 3 is 2.53 bits per heavy atom. The van der Waals surface area contributed by atoms with Crippen LogP contribution in [0.3, 0.4) is 0 Å². The molecule has 0 aliphatic rings. The van der Waals surface area contributed by atoms with E-state index < -0.39 is 0 Å². The van der Waals surface area contributed by atoms with Crippen LogP contribution in [0.15, 0.2) is 24.3 Å². The Balaban J connectivity index is 2.32. The molecule has 0 spiro atoms. The predicted octanol–water partition coefficient (Wildman–Crippen LogP) is 1.30. The molecule has 0 bridgehead atoms. The van der Waals surface area contributed by atoms with Crippen molar-refractivity contribution in [3.05, 3.63) is 35.5 Å². The van der Waals surface area contributed by atoms with Gasteiger partial charge in [0.25, 0.3) is 5.91 Å². The zero-order chi connectivity index (χ0) is 14.0. The Hall–Kier alpha value is -2.37. The van der Waals surface area contributed by atoms with E-state index in [2.05, 4.69) is 15.6 Å². The van der Waals surface area contributed by atoms with E-state index in [9.17, 15) is 4.79 Å². The summed E-state index contributed by atoms with van der Waals surface area (Å²) >= 11 is 0. The SMILES string of the molecule is Cc1ccc(-n2nnc(C(=O)NC(C)C)c2N)cc1. The van der Waals surface area contributed by atoms with Gasteiger partial charge < -0.3 is 11.1 Å². The van der Waals surface area contributed by atoms with E-state index >= 15 is 0 Å². The van der Waals surface area contributed by atoms with Crippen molar-refractivity contribution in [2.75, 3.05) is 5.73 Å². The van der Waals surface area contributed by atoms with Crippen LogP contribution in [-0.2, 0) is 0 Å². The maximum absolute atomic E-state index is 11.9. The molecule has 0 atom stereocenters. The van der Waals surface area contributed by atoms with Crippen molar-refractivity contribution in [2.24, 2.45) is 0 Å². The summed E-state index contributed by atoms with van der Waals surface area (Å²) in [5, 5.41) is 10.5. The van der Waals surface area contributed by atoms with Gasteiger partial charge in [-0.15, -0.1) is 5.10 Å². The van der Waals surface area contributed by atoms with Crippen LogP contribution in [0.4, 0.5) is 5.82 Å². The molecule has 2 aromatic rings. The zero-order valence-corrected chi connectivity index (χ0v) is 11.2. The molecule has 0 aliphatic heterocycles. The molecule has 0 fully saturated rings. The molecule has 6 heteroatoms. The third-order valence-electron chi connectivity index (χ3n) is 2.62. The van der Waals surface area contributed by atoms with Gasteiger partial charge in [-0.05, 0) is 32.9 Å². The average Bonchev–Trinajstić information content (AvgIpc) is 2.71. The number of carbonyl (C=O) groups excluding carboxylic acids is 1. The van der Waals surface area contributed by atoms with Crippen LogP contribution >= 0.6 is 0 Å². The van der Waals surface area contributed by atoms with E-state index in [0.29, 0.717) is 0 Å². The van der Waals surface area contributed by atoms with E-state index in [4.69, 9.17) is 5.73 Å². The lowest BCUT2D eigenvalue weighted by atomic mass is 10.2. The molecule has 3 N–H and O–H groups in total. The fraction of sp³-hybridized carbons (Fsp3) is 0.308. The summed E-state index contributed by atoms with van der Waals surface area (Å²) in [6.45, 7) is 5.74. The normalized spacial score (nSPS) is 10.7. The van der Waals surface area contributed by atoms with Crippen molar-refractivity contribution in [1.82, 2.24) is 20.3 Å². The second-order valence-electron chi connectivity index (χ2n) is 4.70. The van der Waals surface area contributed by atoms with Crippen LogP contribution in [0.5, 0.6) is 0 Å². The second kappa shape index (κ2) is 5.09. The molecule has 0 saturated heterocycles. The minimum atomic E-state index is -0.314. The third-order valence-corrected chi connectivity index (χ3v) is 2.62. The topological polar surface area (TPSA) is 85.8 Å². The first-order valence-corrected chi connectivity index (χ1v) is 6.08. The fourth-order valence-corrected chi connectivity index (χ4v) is 1.66. The summed E-state index contributed by atoms with van der Waals surface area (Å²) in [7, 11) is 0. The van der Waals surface area contributed by atoms with Gasteiger partial charge in [0.2, 0.25) is 0 Å². The molecule has 0 saturated carbocycles. The molecule has 6 nitrogen and oxygen atoms in total. The molecular weight excluding hydrogens is 242 g/mol. The fourth-order valence-electron chi connectivity index (χ4n) is 1.66. The number of nitrogens with one attached hydrogen (secondary N) is 1. The summed E-state index contributed by atoms with van der Waals surface area (Å²) < 4.78 is 1.45. The summed E-state index contributed by atoms with van der Waals surface area (Å²) in [5.41, 5.74) is 7.99. The molecule has 1 aromatic carbocycles. The number of carbonyl (C=O) groups is 1. The Morgan fingerprint density at radius 2 is 1.95 bits per heavy atom. The van der Waals surface area contributed by atoms with Crippen LogP contribution in [0.25, 0.3) is 5.69 Å². The molecule has 1 heterocycles. The minimum Gasteiger partial charge on any atom is -0.382 e. The molecule has 100 valence electrons. The number of nitrogens with two attached hydrogens (primary N) is 1. The Labute approximate surface area is 111 Å². The first-order chi connectivity index (χ1) is 8.99. The number of rotatable bonds is 3. The highest BCUT2D eigenvalue weighted by molar-refractivity contribution is 5.96. The molecule has 0 unspecified atom stereocenters. The van der Waals surface area contributed by atoms with Gasteiger partial charge in [-0.2, -0.15) is 4.68 Å². The number of anilines is 1. The van der Waals surface area contributed by atoms with Gasteiger partial charge in [-0.3, -0.25) is 4.79 Å². The Bertz CT molecular complexity index is 586. The molecule has 2 rings (SSSR count). The van der Waals surface area contributed by atoms with Gasteiger partial charge in [0.15, 0.2) is 11.5 Å². The summed E-state index contributed by atoms with van der Waals surface area (Å²) in [4.78, 5) is 11.9. The van der Waals surface area contributed by atoms with Crippen molar-refractivity contribution in [2.45, 2.75) is 26.8 Å². The number of amides is 1. The summed E-state index contributed by atoms with van der Waals surface area (Å²) in [6.07, 6.45) is 0. The predicted molar refractivity (Wildman–Crippen MR) is 73.1 cm³/mol. The Morgan fingerprint density at radius 1 is 1.32 bits per heavy atom. The highest BCUT2D eigenvalue weighted by Gasteiger charge is 2.18. The molecule has 0 aliphatic carbocycles. The van der Waals surface area contributed by atoms with Crippen LogP contribution < -0.4 is 11.1 Å². The lowest BCUT2D eigenvalue weighted by molar-refractivity contribution is 0.0939. The quantitative estimate of drug-likeness (QED) is 0.869. The summed E-state index contributed by atoms with van der Waals surface area (Å²) in [6, 6.07) is 7.68. The standard InChI is InChI=1S/C13H17N5O/c1-8(2)15-13(19)11-12(14)18(17-16-11)10-6-4-9(3)5-7-10/h4-8H,14H2,1-3H3,(H,15,19). The number of aromatic nitrogens is 3. The van der Waals surface area contributed by atoms with Crippen molar-refractivity contribution in [3.63, 3.8) is 0 Å². The van der Waals surface area contributed by atoms with Crippen LogP contribution in [0, 0.1) is 6.92 Å². The van der Waals surface area contributed by atoms with E-state index in [-0.39, 0.29) is 23.5 Å². The van der Waals surface area contributed by atoms with Gasteiger partial charge in [-0.25, -0.2) is 0 Å². The van der Waals surface area contributed by atoms with Crippen molar-refractivity contribution >= 4 is 11.7 Å². The monoisotopic (exact) mass is 259 g/mol. The number of hydrogen-bond acceptors (Lipinski definition) is 4. The minimum absolute atomic E-state index is 0.0245. The Kier molecular flexibility index (Phi) is 3.50. The number of hydrogen-bond donors (Lipinski definition) is 2. The van der Waals surface area contributed by atoms with E-state index in [1.165, 1.54) is 4.68 Å². The third kappa shape index (κ3) is 2.73. The lowest BCUT2D eigenvalue weighted by Gasteiger charge is -2.07. The van der Waals surface area contributed by atoms with Crippen molar-refractivity contribution in [3.8, 4) is 5.69 Å². The van der Waals surface area contributed by atoms with Gasteiger partial charge >= 0.3 is 0 Å². The van der Waals surface area contributed by atoms with E-state index in [1.807, 2.05) is 45.0 Å². The van der Waals surface area contributed by atoms with Crippen molar-refractivity contribution in [1.29, 1.82) is 0 Å². The maximum Gasteiger partial charge on any atom is 0.275 e. The first-order valence-electron chi connectivity index (χ1n) is 6.08. The van der Waals surface area contributed by atoms with E-state index in [1.54, 1.807) is 0 Å². The lowest BCUT2D eigenvalue weighted by Crippen LogP contribution is -2.31. The molecule has 0 radical (unpaired) electrons. The smallest absolute Gasteiger partial charge is 0.275 e. The number of benzene rings is 1. The first kappa shape index (κ1) is 13.1. The molecule has 1 aromatic heterocycles. The number of aryl methyl sites for hydroxylation is 1. The van der Waals surface area contributed by atoms with Gasteiger partial charge in [-0.1, -0.05) is 22.9 Å². The zero-order valence-electron chi connectivity index (χ0n) is 11.2. The molecule has 19 heavy (non-hydrogen) atoms. The van der Waals surface area contributed by atoms with E-state index in [0.717, 1.165) is 11.3 Å². The van der Waals surface area contributed by atoms with Gasteiger partial charge in [0.1, 0.15) is 0 Å². The maximum atomic E-state index is 11.9. The highest BCUT2D eigenvalue weighted by atomic mass is 16.2.